The molecular formula is C6H13NO21S5. The molecule has 0 aliphatic heterocycles. The molecule has 0 rings (SSSR count). The maximum absolute atomic E-state index is 11.5. The van der Waals surface area contributed by atoms with E-state index in [2.05, 4.69) is 20.9 Å². The van der Waals surface area contributed by atoms with Crippen LogP contribution in [0.4, 0.5) is 0 Å². The number of primary amides is 1. The van der Waals surface area contributed by atoms with Crippen molar-refractivity contribution < 1.29 is 90.6 Å². The zero-order valence-corrected chi connectivity index (χ0v) is 19.0. The minimum Gasteiger partial charge on any atom is -0.367 e. The van der Waals surface area contributed by atoms with Crippen molar-refractivity contribution in [3.8, 4) is 0 Å². The monoisotopic (exact) mass is 595 g/mol. The van der Waals surface area contributed by atoms with Crippen molar-refractivity contribution >= 4 is 57.9 Å². The van der Waals surface area contributed by atoms with Gasteiger partial charge in [-0.25, -0.2) is 20.9 Å². The van der Waals surface area contributed by atoms with Gasteiger partial charge in [0.1, 0.15) is 18.3 Å². The molecule has 27 heteroatoms. The van der Waals surface area contributed by atoms with Crippen LogP contribution < -0.4 is 5.73 Å². The van der Waals surface area contributed by atoms with Crippen LogP contribution in [0.2, 0.25) is 0 Å². The van der Waals surface area contributed by atoms with Crippen molar-refractivity contribution in [3.05, 3.63) is 0 Å². The smallest absolute Gasteiger partial charge is 0.367 e. The van der Waals surface area contributed by atoms with E-state index in [1.807, 2.05) is 0 Å². The molecule has 0 heterocycles. The summed E-state index contributed by atoms with van der Waals surface area (Å²) in [5, 5.41) is 0. The number of amides is 1. The van der Waals surface area contributed by atoms with Crippen molar-refractivity contribution in [3.63, 3.8) is 0 Å². The molecular weight excluding hydrogens is 582 g/mol. The van der Waals surface area contributed by atoms with Gasteiger partial charge >= 0.3 is 52.0 Å². The Labute approximate surface area is 185 Å². The second kappa shape index (κ2) is 11.0. The summed E-state index contributed by atoms with van der Waals surface area (Å²) >= 11 is 0. The van der Waals surface area contributed by atoms with Crippen LogP contribution in [0.3, 0.4) is 0 Å². The van der Waals surface area contributed by atoms with Gasteiger partial charge in [-0.1, -0.05) is 0 Å². The van der Waals surface area contributed by atoms with Gasteiger partial charge in [0.25, 0.3) is 5.91 Å². The molecule has 0 saturated carbocycles. The fraction of sp³-hybridized carbons (Fsp3) is 0.833. The highest BCUT2D eigenvalue weighted by atomic mass is 32.3. The Hall–Kier alpha value is -1.18. The van der Waals surface area contributed by atoms with Crippen molar-refractivity contribution in [1.29, 1.82) is 0 Å². The van der Waals surface area contributed by atoms with E-state index < -0.39 is 88.9 Å². The van der Waals surface area contributed by atoms with E-state index >= 15 is 0 Å². The molecule has 0 bridgehead atoms. The van der Waals surface area contributed by atoms with E-state index in [0.717, 1.165) is 0 Å². The van der Waals surface area contributed by atoms with Crippen molar-refractivity contribution in [1.82, 2.24) is 0 Å². The first-order valence-corrected chi connectivity index (χ1v) is 13.7. The molecule has 1 amide bonds. The Balaban J connectivity index is 7.00. The van der Waals surface area contributed by atoms with Gasteiger partial charge in [0.15, 0.2) is 6.10 Å². The van der Waals surface area contributed by atoms with Gasteiger partial charge in [-0.3, -0.25) is 27.6 Å². The molecule has 0 radical (unpaired) electrons. The van der Waals surface area contributed by atoms with Crippen LogP contribution in [-0.2, 0) is 77.7 Å². The van der Waals surface area contributed by atoms with E-state index in [1.165, 1.54) is 0 Å². The highest BCUT2D eigenvalue weighted by Crippen LogP contribution is 2.23. The zero-order valence-electron chi connectivity index (χ0n) is 14.9. The lowest BCUT2D eigenvalue weighted by Crippen LogP contribution is -2.56. The number of hydrogen-bond donors (Lipinski definition) is 6. The van der Waals surface area contributed by atoms with Crippen LogP contribution in [0, 0.1) is 0 Å². The van der Waals surface area contributed by atoms with Crippen molar-refractivity contribution in [2.75, 3.05) is 6.61 Å². The average molecular weight is 595 g/mol. The molecule has 33 heavy (non-hydrogen) atoms. The normalized spacial score (nSPS) is 17.7. The van der Waals surface area contributed by atoms with Gasteiger partial charge in [-0.05, 0) is 0 Å². The first kappa shape index (κ1) is 31.8. The Morgan fingerprint density at radius 2 is 0.970 bits per heavy atom. The molecule has 0 saturated heterocycles. The summed E-state index contributed by atoms with van der Waals surface area (Å²) in [4.78, 5) is 11.5. The minimum atomic E-state index is -5.98. The van der Waals surface area contributed by atoms with Gasteiger partial charge in [-0.2, -0.15) is 42.1 Å². The lowest BCUT2D eigenvalue weighted by molar-refractivity contribution is -0.136. The fourth-order valence-corrected chi connectivity index (χ4v) is 4.02. The van der Waals surface area contributed by atoms with Crippen LogP contribution in [0.25, 0.3) is 0 Å². The summed E-state index contributed by atoms with van der Waals surface area (Å²) in [5.41, 5.74) is 4.70. The number of carbonyl (C=O) groups excluding carboxylic acids is 1. The largest absolute Gasteiger partial charge is 0.398 e. The van der Waals surface area contributed by atoms with E-state index in [9.17, 15) is 46.9 Å². The number of hydrogen-bond acceptors (Lipinski definition) is 16. The first-order chi connectivity index (χ1) is 14.3. The fourth-order valence-electron chi connectivity index (χ4n) is 1.77. The van der Waals surface area contributed by atoms with Gasteiger partial charge in [0.2, 0.25) is 0 Å². The summed E-state index contributed by atoms with van der Waals surface area (Å²) in [6, 6.07) is 0. The van der Waals surface area contributed by atoms with E-state index in [1.54, 1.807) is 0 Å². The van der Waals surface area contributed by atoms with Crippen LogP contribution >= 0.6 is 0 Å². The molecule has 0 unspecified atom stereocenters. The van der Waals surface area contributed by atoms with Gasteiger partial charge < -0.3 is 5.73 Å². The number of carbonyl (C=O) groups is 1. The molecule has 0 aliphatic rings. The highest BCUT2D eigenvalue weighted by Gasteiger charge is 2.48. The Morgan fingerprint density at radius 3 is 1.27 bits per heavy atom. The van der Waals surface area contributed by atoms with E-state index in [-0.39, 0.29) is 0 Å². The second-order valence-electron chi connectivity index (χ2n) is 5.10. The topological polar surface area (TPSA) is 361 Å². The number of nitrogens with two attached hydrogens (primary N) is 1. The predicted molar refractivity (Wildman–Crippen MR) is 92.4 cm³/mol. The molecule has 0 aromatic carbocycles. The van der Waals surface area contributed by atoms with Gasteiger partial charge in [0.05, 0.1) is 6.61 Å². The van der Waals surface area contributed by atoms with Gasteiger partial charge in [-0.15, -0.1) is 0 Å². The molecule has 22 nitrogen and oxygen atoms in total. The Bertz CT molecular complexity index is 1230. The lowest BCUT2D eigenvalue weighted by atomic mass is 10.0. The third-order valence-corrected chi connectivity index (χ3v) is 4.89. The van der Waals surface area contributed by atoms with E-state index in [4.69, 9.17) is 28.5 Å². The Kier molecular flexibility index (Phi) is 10.6. The molecule has 0 aromatic rings. The van der Waals surface area contributed by atoms with Gasteiger partial charge in [0, 0.05) is 0 Å². The molecule has 198 valence electrons. The van der Waals surface area contributed by atoms with Crippen LogP contribution in [0.15, 0.2) is 0 Å². The molecule has 7 N–H and O–H groups in total. The summed E-state index contributed by atoms with van der Waals surface area (Å²) in [6.45, 7) is -2.00. The van der Waals surface area contributed by atoms with Crippen molar-refractivity contribution in [2.45, 2.75) is 24.4 Å². The maximum Gasteiger partial charge on any atom is 0.398 e. The zero-order chi connectivity index (χ0) is 26.6. The molecule has 0 spiro atoms. The third-order valence-electron chi connectivity index (χ3n) is 2.59. The molecule has 4 atom stereocenters. The average Bonchev–Trinajstić information content (AvgIpc) is 2.48. The molecule has 0 fully saturated rings. The van der Waals surface area contributed by atoms with Crippen LogP contribution in [0.5, 0.6) is 0 Å². The molecule has 0 aliphatic carbocycles. The third kappa shape index (κ3) is 15.4. The van der Waals surface area contributed by atoms with Crippen LogP contribution in [-0.4, -0.2) is 102 Å². The standard InChI is InChI=1S/C6H13NO21S5/c7-6(8)5(28-33(21,22)23)4(27-32(18,19)20)3(26-31(15,16)17)2(25-30(12,13)14)1-24-29(9,10)11/h2-5H,1H2,(H2,7,8)(H,9,10,11)(H,12,13,14)(H,15,16,17)(H,18,19,20)(H,21,22,23)/t2-,3+,4-,5-/m1/s1. The Morgan fingerprint density at radius 1 is 0.606 bits per heavy atom. The first-order valence-electron chi connectivity index (χ1n) is 6.83. The SMILES string of the molecule is NC(=O)[C@H](OS(=O)(=O)O)[C@H](OS(=O)(=O)O)[C@@H](OS(=O)(=O)O)[C@@H](COS(=O)(=O)O)OS(=O)(=O)O. The molecule has 0 aromatic heterocycles. The van der Waals surface area contributed by atoms with Crippen molar-refractivity contribution in [2.24, 2.45) is 5.73 Å². The second-order valence-corrected chi connectivity index (χ2v) is 10.4. The summed E-state index contributed by atoms with van der Waals surface area (Å²) in [6.07, 6.45) is -13.2. The van der Waals surface area contributed by atoms with Crippen LogP contribution in [0.1, 0.15) is 0 Å². The predicted octanol–water partition coefficient (Wildman–Crippen LogP) is -4.96. The summed E-state index contributed by atoms with van der Waals surface area (Å²) < 4.78 is 172. The minimum absolute atomic E-state index is 2.00. The lowest BCUT2D eigenvalue weighted by Gasteiger charge is -2.32. The quantitative estimate of drug-likeness (QED) is 0.0965. The highest BCUT2D eigenvalue weighted by molar-refractivity contribution is 7.82. The number of rotatable bonds is 15. The maximum atomic E-state index is 11.5. The summed E-state index contributed by atoms with van der Waals surface area (Å²) in [5.74, 6) is -2.19. The summed E-state index contributed by atoms with van der Waals surface area (Å²) in [7, 11) is -29.2. The van der Waals surface area contributed by atoms with E-state index in [0.29, 0.717) is 0 Å².